The Hall–Kier alpha value is -3.18. The number of aryl methyl sites for hydroxylation is 1. The second kappa shape index (κ2) is 8.16. The molecule has 164 valence electrons. The van der Waals surface area contributed by atoms with Crippen molar-refractivity contribution in [1.82, 2.24) is 24.3 Å². The van der Waals surface area contributed by atoms with Gasteiger partial charge in [0.15, 0.2) is 10.8 Å². The van der Waals surface area contributed by atoms with Crippen LogP contribution in [0, 0.1) is 5.82 Å². The number of hydrogen-bond donors (Lipinski definition) is 2. The second-order valence-corrected chi connectivity index (χ2v) is 9.13. The summed E-state index contributed by atoms with van der Waals surface area (Å²) in [5, 5.41) is -0.0542. The molecule has 4 rings (SSSR count). The van der Waals surface area contributed by atoms with Gasteiger partial charge in [-0.15, -0.1) is 0 Å². The lowest BCUT2D eigenvalue weighted by atomic mass is 10.1. The van der Waals surface area contributed by atoms with Crippen LogP contribution in [0.5, 0.6) is 0 Å². The molecule has 31 heavy (non-hydrogen) atoms. The molecule has 2 N–H and O–H groups in total. The molecule has 3 heterocycles. The Labute approximate surface area is 179 Å². The molecular formula is C20H23FN6O3S. The van der Waals surface area contributed by atoms with Gasteiger partial charge >= 0.3 is 0 Å². The van der Waals surface area contributed by atoms with Crippen LogP contribution in [0.2, 0.25) is 0 Å². The lowest BCUT2D eigenvalue weighted by molar-refractivity contribution is -0.127. The van der Waals surface area contributed by atoms with E-state index in [1.165, 1.54) is 36.8 Å². The minimum Gasteiger partial charge on any atom is -0.351 e. The predicted molar refractivity (Wildman–Crippen MR) is 115 cm³/mol. The van der Waals surface area contributed by atoms with Gasteiger partial charge in [-0.1, -0.05) is 0 Å². The molecule has 0 unspecified atom stereocenters. The van der Waals surface area contributed by atoms with Crippen LogP contribution in [0.25, 0.3) is 17.1 Å². The fourth-order valence-corrected chi connectivity index (χ4v) is 4.50. The molecule has 1 amide bonds. The molecule has 1 aliphatic heterocycles. The number of piperazine rings is 1. The van der Waals surface area contributed by atoms with E-state index in [-0.39, 0.29) is 27.7 Å². The Morgan fingerprint density at radius 2 is 2.00 bits per heavy atom. The van der Waals surface area contributed by atoms with Gasteiger partial charge < -0.3 is 19.4 Å². The van der Waals surface area contributed by atoms with Crippen molar-refractivity contribution in [2.75, 3.05) is 37.9 Å². The van der Waals surface area contributed by atoms with Gasteiger partial charge in [0.1, 0.15) is 5.52 Å². The number of sulfonamides is 1. The standard InChI is InChI=1S/C20H23FN6O3S/c1-25-8-10-27(11-9-25)18(28)6-5-14-15(24-31(29,30)17-4-3-7-22-17)12-16-20(19(14)21)23-13-26(16)2/h3-7,12-13,22,24H,8-11H2,1-2H3. The topological polar surface area (TPSA) is 103 Å². The fraction of sp³-hybridized carbons (Fsp3) is 0.300. The van der Waals surface area contributed by atoms with E-state index >= 15 is 4.39 Å². The van der Waals surface area contributed by atoms with Gasteiger partial charge in [-0.25, -0.2) is 9.37 Å². The highest BCUT2D eigenvalue weighted by atomic mass is 32.2. The van der Waals surface area contributed by atoms with Crippen molar-refractivity contribution in [3.63, 3.8) is 0 Å². The van der Waals surface area contributed by atoms with E-state index in [4.69, 9.17) is 0 Å². The average molecular weight is 447 g/mol. The zero-order valence-corrected chi connectivity index (χ0v) is 18.0. The summed E-state index contributed by atoms with van der Waals surface area (Å²) in [6, 6.07) is 4.45. The van der Waals surface area contributed by atoms with Crippen molar-refractivity contribution in [3.8, 4) is 0 Å². The Bertz CT molecular complexity index is 1240. The monoisotopic (exact) mass is 446 g/mol. The molecule has 1 fully saturated rings. The molecular weight excluding hydrogens is 423 g/mol. The maximum absolute atomic E-state index is 15.3. The number of likely N-dealkylation sites (N-methyl/N-ethyl adjacent to an activating group) is 1. The molecule has 0 saturated carbocycles. The van der Waals surface area contributed by atoms with Gasteiger partial charge in [-0.2, -0.15) is 8.42 Å². The van der Waals surface area contributed by atoms with E-state index in [0.717, 1.165) is 13.1 Å². The smallest absolute Gasteiger partial charge is 0.277 e. The third-order valence-electron chi connectivity index (χ3n) is 5.31. The van der Waals surface area contributed by atoms with Gasteiger partial charge in [-0.05, 0) is 31.3 Å². The third-order valence-corrected chi connectivity index (χ3v) is 6.63. The lowest BCUT2D eigenvalue weighted by Gasteiger charge is -2.31. The average Bonchev–Trinajstić information content (AvgIpc) is 3.39. The first-order valence-corrected chi connectivity index (χ1v) is 11.2. The number of halogens is 1. The predicted octanol–water partition coefficient (Wildman–Crippen LogP) is 1.63. The number of aromatic nitrogens is 3. The first-order valence-electron chi connectivity index (χ1n) is 9.71. The van der Waals surface area contributed by atoms with Crippen LogP contribution in [-0.2, 0) is 21.9 Å². The highest BCUT2D eigenvalue weighted by molar-refractivity contribution is 7.92. The van der Waals surface area contributed by atoms with Crippen LogP contribution >= 0.6 is 0 Å². The number of rotatable bonds is 5. The van der Waals surface area contributed by atoms with Crippen molar-refractivity contribution in [3.05, 3.63) is 48.2 Å². The van der Waals surface area contributed by atoms with E-state index in [1.807, 2.05) is 7.05 Å². The van der Waals surface area contributed by atoms with Gasteiger partial charge in [0.2, 0.25) is 5.91 Å². The minimum atomic E-state index is -3.98. The molecule has 3 aromatic rings. The van der Waals surface area contributed by atoms with Crippen molar-refractivity contribution in [2.45, 2.75) is 5.03 Å². The molecule has 0 bridgehead atoms. The van der Waals surface area contributed by atoms with Gasteiger partial charge in [-0.3, -0.25) is 9.52 Å². The highest BCUT2D eigenvalue weighted by Gasteiger charge is 2.22. The summed E-state index contributed by atoms with van der Waals surface area (Å²) in [4.78, 5) is 23.1. The number of nitrogens with zero attached hydrogens (tertiary/aromatic N) is 4. The van der Waals surface area contributed by atoms with E-state index in [9.17, 15) is 13.2 Å². The van der Waals surface area contributed by atoms with Crippen LogP contribution in [0.4, 0.5) is 10.1 Å². The SMILES string of the molecule is CN1CCN(C(=O)C=Cc2c(NS(=O)(=O)c3ccc[nH]3)cc3c(ncn3C)c2F)CC1. The number of fused-ring (bicyclic) bond motifs is 1. The molecule has 1 aliphatic rings. The number of amides is 1. The van der Waals surface area contributed by atoms with Gasteiger partial charge in [0, 0.05) is 51.1 Å². The van der Waals surface area contributed by atoms with Crippen molar-refractivity contribution in [1.29, 1.82) is 0 Å². The number of carbonyl (C=O) groups excluding carboxylic acids is 1. The first-order chi connectivity index (χ1) is 14.8. The molecule has 9 nitrogen and oxygen atoms in total. The molecule has 11 heteroatoms. The van der Waals surface area contributed by atoms with Gasteiger partial charge in [0.05, 0.1) is 17.5 Å². The number of hydrogen-bond acceptors (Lipinski definition) is 5. The first kappa shape index (κ1) is 21.1. The second-order valence-electron chi connectivity index (χ2n) is 7.48. The number of carbonyl (C=O) groups is 1. The third kappa shape index (κ3) is 4.19. The summed E-state index contributed by atoms with van der Waals surface area (Å²) in [5.41, 5.74) is 0.482. The number of H-pyrrole nitrogens is 1. The van der Waals surface area contributed by atoms with E-state index in [1.54, 1.807) is 22.6 Å². The molecule has 0 atom stereocenters. The summed E-state index contributed by atoms with van der Waals surface area (Å²) >= 11 is 0. The van der Waals surface area contributed by atoms with Crippen molar-refractivity contribution < 1.29 is 17.6 Å². The largest absolute Gasteiger partial charge is 0.351 e. The molecule has 2 aromatic heterocycles. The van der Waals surface area contributed by atoms with Gasteiger partial charge in [0.25, 0.3) is 10.0 Å². The summed E-state index contributed by atoms with van der Waals surface area (Å²) in [5.74, 6) is -0.962. The molecule has 0 aliphatic carbocycles. The molecule has 0 spiro atoms. The van der Waals surface area contributed by atoms with Crippen LogP contribution in [0.3, 0.4) is 0 Å². The van der Waals surface area contributed by atoms with E-state index in [2.05, 4.69) is 19.6 Å². The Morgan fingerprint density at radius 1 is 1.26 bits per heavy atom. The fourth-order valence-electron chi connectivity index (χ4n) is 3.45. The minimum absolute atomic E-state index is 0.0191. The van der Waals surface area contributed by atoms with Crippen LogP contribution < -0.4 is 4.72 Å². The highest BCUT2D eigenvalue weighted by Crippen LogP contribution is 2.30. The Balaban J connectivity index is 1.72. The molecule has 1 saturated heterocycles. The normalized spacial score (nSPS) is 15.8. The van der Waals surface area contributed by atoms with Crippen LogP contribution in [-0.4, -0.2) is 71.9 Å². The zero-order valence-electron chi connectivity index (χ0n) is 17.2. The summed E-state index contributed by atoms with van der Waals surface area (Å²) in [6.07, 6.45) is 5.50. The van der Waals surface area contributed by atoms with Crippen molar-refractivity contribution >= 4 is 38.7 Å². The lowest BCUT2D eigenvalue weighted by Crippen LogP contribution is -2.46. The van der Waals surface area contributed by atoms with E-state index in [0.29, 0.717) is 18.6 Å². The summed E-state index contributed by atoms with van der Waals surface area (Å²) in [7, 11) is -0.307. The summed E-state index contributed by atoms with van der Waals surface area (Å²) < 4.78 is 44.7. The zero-order chi connectivity index (χ0) is 22.2. The van der Waals surface area contributed by atoms with Crippen LogP contribution in [0.15, 0.2) is 41.8 Å². The quantitative estimate of drug-likeness (QED) is 0.580. The number of anilines is 1. The Kier molecular flexibility index (Phi) is 5.54. The number of nitrogens with one attached hydrogen (secondary N) is 2. The maximum Gasteiger partial charge on any atom is 0.277 e. The van der Waals surface area contributed by atoms with E-state index < -0.39 is 15.8 Å². The van der Waals surface area contributed by atoms with Crippen molar-refractivity contribution in [2.24, 2.45) is 7.05 Å². The summed E-state index contributed by atoms with van der Waals surface area (Å²) in [6.45, 7) is 2.67. The number of aromatic amines is 1. The van der Waals surface area contributed by atoms with Crippen LogP contribution in [0.1, 0.15) is 5.56 Å². The molecule has 0 radical (unpaired) electrons. The molecule has 1 aromatic carbocycles. The maximum atomic E-state index is 15.3. The Morgan fingerprint density at radius 3 is 2.68 bits per heavy atom. The number of imidazole rings is 1. The number of benzene rings is 1.